The van der Waals surface area contributed by atoms with Crippen LogP contribution in [-0.2, 0) is 24.2 Å². The van der Waals surface area contributed by atoms with Crippen molar-refractivity contribution in [3.05, 3.63) is 114 Å². The van der Waals surface area contributed by atoms with Gasteiger partial charge in [0.2, 0.25) is 5.91 Å². The fourth-order valence-electron chi connectivity index (χ4n) is 5.67. The molecule has 0 saturated heterocycles. The number of anilines is 1. The number of aromatic nitrogens is 6. The predicted molar refractivity (Wildman–Crippen MR) is 179 cm³/mol. The Balaban J connectivity index is 1.28. The van der Waals surface area contributed by atoms with Crippen LogP contribution in [0.2, 0.25) is 0 Å². The van der Waals surface area contributed by atoms with Gasteiger partial charge >= 0.3 is 0 Å². The molecule has 44 heavy (non-hydrogen) atoms. The number of fused-ring (bicyclic) bond motifs is 1. The lowest BCUT2D eigenvalue weighted by Crippen LogP contribution is -2.26. The molecule has 2 aromatic heterocycles. The van der Waals surface area contributed by atoms with Crippen LogP contribution in [-0.4, -0.2) is 41.8 Å². The van der Waals surface area contributed by atoms with Gasteiger partial charge in [-0.25, -0.2) is 10.1 Å². The Hall–Kier alpha value is -4.76. The third kappa shape index (κ3) is 6.28. The summed E-state index contributed by atoms with van der Waals surface area (Å²) in [6.07, 6.45) is 2.50. The van der Waals surface area contributed by atoms with Gasteiger partial charge in [0.25, 0.3) is 0 Å². The Kier molecular flexibility index (Phi) is 8.84. The maximum atomic E-state index is 13.3. The number of carbonyl (C=O) groups is 1. The van der Waals surface area contributed by atoms with Crippen molar-refractivity contribution in [2.75, 3.05) is 11.1 Å². The van der Waals surface area contributed by atoms with Crippen molar-refractivity contribution < 1.29 is 4.79 Å². The van der Waals surface area contributed by atoms with Crippen LogP contribution in [0.3, 0.4) is 0 Å². The zero-order chi connectivity index (χ0) is 30.5. The van der Waals surface area contributed by atoms with E-state index < -0.39 is 0 Å². The molecule has 0 radical (unpaired) electrons. The van der Waals surface area contributed by atoms with Gasteiger partial charge in [0, 0.05) is 30.0 Å². The Labute approximate surface area is 262 Å². The largest absolute Gasteiger partial charge is 0.326 e. The first-order valence-corrected chi connectivity index (χ1v) is 15.5. The number of hydrogen-bond donors (Lipinski definition) is 3. The SMILES string of the molecule is CCCc1nc2c(C)cc(NC(=O)[C@@H](CS)Cc3ccccc3)cc2n1Cc1ccc(-c2ccccc2-c2nnn[nH]2)cc1. The lowest BCUT2D eigenvalue weighted by atomic mass is 9.98. The van der Waals surface area contributed by atoms with Crippen molar-refractivity contribution in [2.24, 2.45) is 5.92 Å². The highest BCUT2D eigenvalue weighted by molar-refractivity contribution is 7.80. The van der Waals surface area contributed by atoms with Crippen LogP contribution in [0.5, 0.6) is 0 Å². The first-order chi connectivity index (χ1) is 21.5. The molecule has 0 aliphatic carbocycles. The highest BCUT2D eigenvalue weighted by atomic mass is 32.1. The molecular weight excluding hydrogens is 567 g/mol. The molecule has 4 aromatic carbocycles. The number of aryl methyl sites for hydroxylation is 2. The third-order valence-electron chi connectivity index (χ3n) is 7.91. The number of rotatable bonds is 11. The van der Waals surface area contributed by atoms with E-state index in [9.17, 15) is 4.79 Å². The van der Waals surface area contributed by atoms with E-state index in [1.807, 2.05) is 54.6 Å². The van der Waals surface area contributed by atoms with E-state index in [4.69, 9.17) is 4.98 Å². The minimum Gasteiger partial charge on any atom is -0.326 e. The highest BCUT2D eigenvalue weighted by Gasteiger charge is 2.20. The molecule has 0 aliphatic rings. The summed E-state index contributed by atoms with van der Waals surface area (Å²) in [6.45, 7) is 4.90. The maximum Gasteiger partial charge on any atom is 0.228 e. The molecule has 6 rings (SSSR count). The van der Waals surface area contributed by atoms with Gasteiger partial charge in [-0.2, -0.15) is 12.6 Å². The van der Waals surface area contributed by atoms with Crippen LogP contribution >= 0.6 is 12.6 Å². The molecule has 0 aliphatic heterocycles. The number of thiol groups is 1. The zero-order valence-corrected chi connectivity index (χ0v) is 25.8. The summed E-state index contributed by atoms with van der Waals surface area (Å²) in [7, 11) is 0. The van der Waals surface area contributed by atoms with Crippen molar-refractivity contribution in [1.29, 1.82) is 0 Å². The molecule has 1 atom stereocenters. The molecular formula is C35H35N7OS. The monoisotopic (exact) mass is 601 g/mol. The molecule has 2 heterocycles. The quantitative estimate of drug-likeness (QED) is 0.140. The van der Waals surface area contributed by atoms with Gasteiger partial charge in [-0.1, -0.05) is 85.8 Å². The van der Waals surface area contributed by atoms with E-state index >= 15 is 0 Å². The predicted octanol–water partition coefficient (Wildman–Crippen LogP) is 6.92. The van der Waals surface area contributed by atoms with Gasteiger partial charge in [0.05, 0.1) is 17.0 Å². The highest BCUT2D eigenvalue weighted by Crippen LogP contribution is 2.31. The number of H-pyrrole nitrogens is 1. The number of tetrazole rings is 1. The minimum atomic E-state index is -0.235. The second-order valence-electron chi connectivity index (χ2n) is 11.1. The summed E-state index contributed by atoms with van der Waals surface area (Å²) in [6, 6.07) is 30.8. The second-order valence-corrected chi connectivity index (χ2v) is 11.4. The van der Waals surface area contributed by atoms with Gasteiger partial charge in [-0.05, 0) is 70.1 Å². The summed E-state index contributed by atoms with van der Waals surface area (Å²) in [5, 5.41) is 17.6. The summed E-state index contributed by atoms with van der Waals surface area (Å²) < 4.78 is 2.28. The fraction of sp³-hybridized carbons (Fsp3) is 0.229. The van der Waals surface area contributed by atoms with Crippen molar-refractivity contribution in [1.82, 2.24) is 30.2 Å². The van der Waals surface area contributed by atoms with Crippen molar-refractivity contribution in [3.63, 3.8) is 0 Å². The Morgan fingerprint density at radius 1 is 0.955 bits per heavy atom. The van der Waals surface area contributed by atoms with Gasteiger partial charge < -0.3 is 9.88 Å². The van der Waals surface area contributed by atoms with Crippen LogP contribution in [0, 0.1) is 12.8 Å². The Morgan fingerprint density at radius 2 is 1.70 bits per heavy atom. The number of benzene rings is 4. The Morgan fingerprint density at radius 3 is 2.41 bits per heavy atom. The molecule has 0 saturated carbocycles. The number of imidazole rings is 1. The van der Waals surface area contributed by atoms with E-state index in [2.05, 4.69) is 93.4 Å². The van der Waals surface area contributed by atoms with Crippen molar-refractivity contribution >= 4 is 35.3 Å². The number of hydrogen-bond acceptors (Lipinski definition) is 6. The normalized spacial score (nSPS) is 12.0. The smallest absolute Gasteiger partial charge is 0.228 e. The van der Waals surface area contributed by atoms with Gasteiger partial charge in [0.1, 0.15) is 5.82 Å². The van der Waals surface area contributed by atoms with E-state index in [1.165, 1.54) is 0 Å². The van der Waals surface area contributed by atoms with E-state index in [0.717, 1.165) is 68.8 Å². The topological polar surface area (TPSA) is 101 Å². The first kappa shape index (κ1) is 29.3. The number of carbonyl (C=O) groups excluding carboxylic acids is 1. The average Bonchev–Trinajstić information content (AvgIpc) is 3.70. The molecule has 0 bridgehead atoms. The molecule has 2 N–H and O–H groups in total. The minimum absolute atomic E-state index is 0.0283. The summed E-state index contributed by atoms with van der Waals surface area (Å²) in [4.78, 5) is 18.4. The zero-order valence-electron chi connectivity index (χ0n) is 24.9. The molecule has 8 nitrogen and oxygen atoms in total. The standard InChI is InChI=1S/C35H35N7OS/c1-3-9-32-37-33-23(2)18-28(36-35(43)27(22-44)19-24-10-5-4-6-11-24)20-31(33)42(32)21-25-14-16-26(17-15-25)29-12-7-8-13-30(29)34-38-40-41-39-34/h4-8,10-18,20,27,44H,3,9,19,21-22H2,1-2H3,(H,36,43)(H,38,39,40,41)/t27-/m1/s1. The van der Waals surface area contributed by atoms with E-state index in [0.29, 0.717) is 24.5 Å². The molecule has 0 unspecified atom stereocenters. The molecule has 222 valence electrons. The molecule has 9 heteroatoms. The third-order valence-corrected chi connectivity index (χ3v) is 8.35. The van der Waals surface area contributed by atoms with Crippen molar-refractivity contribution in [3.8, 4) is 22.5 Å². The molecule has 6 aromatic rings. The van der Waals surface area contributed by atoms with Crippen molar-refractivity contribution in [2.45, 2.75) is 39.7 Å². The fourth-order valence-corrected chi connectivity index (χ4v) is 5.97. The molecule has 0 fully saturated rings. The van der Waals surface area contributed by atoms with E-state index in [-0.39, 0.29) is 11.8 Å². The average molecular weight is 602 g/mol. The van der Waals surface area contributed by atoms with Gasteiger partial charge in [-0.3, -0.25) is 4.79 Å². The van der Waals surface area contributed by atoms with Crippen LogP contribution in [0.1, 0.15) is 35.9 Å². The second kappa shape index (κ2) is 13.3. The summed E-state index contributed by atoms with van der Waals surface area (Å²) >= 11 is 4.50. The summed E-state index contributed by atoms with van der Waals surface area (Å²) in [5.41, 5.74) is 9.17. The van der Waals surface area contributed by atoms with Crippen LogP contribution in [0.4, 0.5) is 5.69 Å². The van der Waals surface area contributed by atoms with Crippen LogP contribution in [0.25, 0.3) is 33.5 Å². The van der Waals surface area contributed by atoms with E-state index in [1.54, 1.807) is 0 Å². The van der Waals surface area contributed by atoms with Crippen LogP contribution < -0.4 is 5.32 Å². The Bertz CT molecular complexity index is 1870. The molecule has 1 amide bonds. The summed E-state index contributed by atoms with van der Waals surface area (Å²) in [5.74, 6) is 1.88. The lowest BCUT2D eigenvalue weighted by molar-refractivity contribution is -0.119. The number of nitrogens with one attached hydrogen (secondary N) is 2. The van der Waals surface area contributed by atoms with Gasteiger partial charge in [-0.15, -0.1) is 5.10 Å². The number of aromatic amines is 1. The van der Waals surface area contributed by atoms with Crippen LogP contribution in [0.15, 0.2) is 91.0 Å². The first-order valence-electron chi connectivity index (χ1n) is 14.9. The number of amides is 1. The van der Waals surface area contributed by atoms with Gasteiger partial charge in [0.15, 0.2) is 5.82 Å². The lowest BCUT2D eigenvalue weighted by Gasteiger charge is -2.16. The maximum absolute atomic E-state index is 13.3. The molecule has 0 spiro atoms. The number of nitrogens with zero attached hydrogens (tertiary/aromatic N) is 5.